The molecule has 0 aromatic carbocycles. The molecule has 0 aromatic heterocycles. The number of carbonyl (C=O) groups excluding carboxylic acids is 4. The zero-order valence-corrected chi connectivity index (χ0v) is 20.9. The molecule has 0 aliphatic rings. The van der Waals surface area contributed by atoms with E-state index in [0.29, 0.717) is 6.42 Å². The lowest BCUT2D eigenvalue weighted by molar-refractivity contribution is -0.145. The van der Waals surface area contributed by atoms with Gasteiger partial charge in [0.15, 0.2) is 12.0 Å². The fourth-order valence-electron chi connectivity index (χ4n) is 3.02. The van der Waals surface area contributed by atoms with Gasteiger partial charge in [0.2, 0.25) is 23.6 Å². The van der Waals surface area contributed by atoms with E-state index >= 15 is 0 Å². The number of aliphatic hydroxyl groups is 1. The van der Waals surface area contributed by atoms with Crippen molar-refractivity contribution in [3.63, 3.8) is 0 Å². The molecule has 0 rings (SSSR count). The molecular weight excluding hydrogens is 476 g/mol. The van der Waals surface area contributed by atoms with Crippen LogP contribution in [-0.2, 0) is 24.0 Å². The number of amides is 4. The standard InChI is InChI=1S/C21H40N8O7/c1-4-10(2)15(23)19(34)28-12(6-5-9-26-21(24)25)17(32)27-13(7-8-14(22)31)18(33)29-16(11(3)30)20(35)36/h10-13,15-16,30H,4-9,23H2,1-3H3,(H2,22,31)(H,27,32)(H,28,34)(H,29,33)(H,35,36)(H4,24,25,26). The van der Waals surface area contributed by atoms with Gasteiger partial charge in [0.05, 0.1) is 12.1 Å². The Labute approximate surface area is 209 Å². The molecule has 36 heavy (non-hydrogen) atoms. The third kappa shape index (κ3) is 12.3. The maximum absolute atomic E-state index is 13.1. The monoisotopic (exact) mass is 516 g/mol. The van der Waals surface area contributed by atoms with Gasteiger partial charge in [0, 0.05) is 13.0 Å². The summed E-state index contributed by atoms with van der Waals surface area (Å²) in [5.74, 6) is -4.88. The van der Waals surface area contributed by atoms with Crippen LogP contribution < -0.4 is 38.9 Å². The smallest absolute Gasteiger partial charge is 0.328 e. The summed E-state index contributed by atoms with van der Waals surface area (Å²) in [6.45, 7) is 4.97. The number of hydrogen-bond acceptors (Lipinski definition) is 8. The average molecular weight is 517 g/mol. The second kappa shape index (κ2) is 16.3. The topological polar surface area (TPSA) is 278 Å². The lowest BCUT2D eigenvalue weighted by atomic mass is 9.98. The summed E-state index contributed by atoms with van der Waals surface area (Å²) in [7, 11) is 0. The number of rotatable bonds is 17. The molecule has 15 nitrogen and oxygen atoms in total. The molecule has 13 N–H and O–H groups in total. The minimum Gasteiger partial charge on any atom is -0.480 e. The van der Waals surface area contributed by atoms with Crippen LogP contribution in [0.25, 0.3) is 0 Å². The van der Waals surface area contributed by atoms with Gasteiger partial charge in [-0.25, -0.2) is 4.79 Å². The summed E-state index contributed by atoms with van der Waals surface area (Å²) in [5.41, 5.74) is 21.7. The van der Waals surface area contributed by atoms with Crippen LogP contribution in [0.15, 0.2) is 4.99 Å². The van der Waals surface area contributed by atoms with E-state index in [1.807, 2.05) is 6.92 Å². The molecular formula is C21H40N8O7. The highest BCUT2D eigenvalue weighted by Crippen LogP contribution is 2.08. The Morgan fingerprint density at radius 2 is 1.42 bits per heavy atom. The second-order valence-electron chi connectivity index (χ2n) is 8.55. The molecule has 0 aliphatic carbocycles. The second-order valence-corrected chi connectivity index (χ2v) is 8.55. The van der Waals surface area contributed by atoms with Crippen LogP contribution in [0.4, 0.5) is 0 Å². The molecule has 0 heterocycles. The van der Waals surface area contributed by atoms with Crippen molar-refractivity contribution in [3.8, 4) is 0 Å². The van der Waals surface area contributed by atoms with Gasteiger partial charge < -0.3 is 49.1 Å². The van der Waals surface area contributed by atoms with Crippen LogP contribution in [-0.4, -0.2) is 82.6 Å². The first-order chi connectivity index (χ1) is 16.7. The first kappa shape index (κ1) is 32.5. The van der Waals surface area contributed by atoms with E-state index < -0.39 is 59.9 Å². The van der Waals surface area contributed by atoms with Gasteiger partial charge in [-0.05, 0) is 32.1 Å². The predicted molar refractivity (Wildman–Crippen MR) is 131 cm³/mol. The summed E-state index contributed by atoms with van der Waals surface area (Å²) in [6.07, 6.45) is -0.999. The van der Waals surface area contributed by atoms with Crippen LogP contribution in [0.1, 0.15) is 52.9 Å². The Morgan fingerprint density at radius 1 is 0.889 bits per heavy atom. The van der Waals surface area contributed by atoms with Crippen LogP contribution in [0.3, 0.4) is 0 Å². The number of carboxylic acid groups (broad SMARTS) is 1. The summed E-state index contributed by atoms with van der Waals surface area (Å²) >= 11 is 0. The summed E-state index contributed by atoms with van der Waals surface area (Å²) in [5, 5.41) is 25.9. The Balaban J connectivity index is 5.71. The zero-order chi connectivity index (χ0) is 28.0. The minimum absolute atomic E-state index is 0.0805. The van der Waals surface area contributed by atoms with Crippen molar-refractivity contribution in [3.05, 3.63) is 0 Å². The van der Waals surface area contributed by atoms with Gasteiger partial charge in [0.25, 0.3) is 0 Å². The fourth-order valence-corrected chi connectivity index (χ4v) is 3.02. The maximum Gasteiger partial charge on any atom is 0.328 e. The largest absolute Gasteiger partial charge is 0.480 e. The lowest BCUT2D eigenvalue weighted by Gasteiger charge is -2.26. The summed E-state index contributed by atoms with van der Waals surface area (Å²) < 4.78 is 0. The number of aliphatic hydroxyl groups excluding tert-OH is 1. The normalized spacial score (nSPS) is 15.8. The molecule has 4 amide bonds. The Hall–Kier alpha value is -3.46. The average Bonchev–Trinajstić information content (AvgIpc) is 2.79. The van der Waals surface area contributed by atoms with E-state index in [9.17, 15) is 34.2 Å². The molecule has 206 valence electrons. The van der Waals surface area contributed by atoms with Crippen molar-refractivity contribution in [2.24, 2.45) is 33.8 Å². The number of aliphatic imine (C=N–C) groups is 1. The number of guanidine groups is 1. The van der Waals surface area contributed by atoms with E-state index in [1.54, 1.807) is 6.92 Å². The van der Waals surface area contributed by atoms with Crippen molar-refractivity contribution in [1.82, 2.24) is 16.0 Å². The number of aliphatic carboxylic acids is 1. The van der Waals surface area contributed by atoms with Crippen molar-refractivity contribution >= 4 is 35.6 Å². The molecule has 6 atom stereocenters. The quantitative estimate of drug-likeness (QED) is 0.0524. The lowest BCUT2D eigenvalue weighted by Crippen LogP contribution is -2.58. The van der Waals surface area contributed by atoms with Crippen LogP contribution >= 0.6 is 0 Å². The van der Waals surface area contributed by atoms with Gasteiger partial charge in [-0.2, -0.15) is 0 Å². The number of nitrogens with zero attached hydrogens (tertiary/aromatic N) is 1. The predicted octanol–water partition coefficient (Wildman–Crippen LogP) is -3.40. The Bertz CT molecular complexity index is 801. The molecule has 0 saturated heterocycles. The number of carboxylic acids is 1. The highest BCUT2D eigenvalue weighted by atomic mass is 16.4. The summed E-state index contributed by atoms with van der Waals surface area (Å²) in [4.78, 5) is 64.8. The van der Waals surface area contributed by atoms with Gasteiger partial charge in [-0.3, -0.25) is 24.2 Å². The minimum atomic E-state index is -1.66. The molecule has 0 spiro atoms. The van der Waals surface area contributed by atoms with E-state index in [1.165, 1.54) is 6.92 Å². The van der Waals surface area contributed by atoms with Crippen molar-refractivity contribution < 1.29 is 34.2 Å². The zero-order valence-electron chi connectivity index (χ0n) is 20.9. The number of carbonyl (C=O) groups is 5. The third-order valence-corrected chi connectivity index (χ3v) is 5.50. The third-order valence-electron chi connectivity index (χ3n) is 5.50. The van der Waals surface area contributed by atoms with Crippen molar-refractivity contribution in [1.29, 1.82) is 0 Å². The van der Waals surface area contributed by atoms with E-state index in [-0.39, 0.29) is 44.1 Å². The first-order valence-corrected chi connectivity index (χ1v) is 11.6. The SMILES string of the molecule is CCC(C)C(N)C(=O)NC(CCCN=C(N)N)C(=O)NC(CCC(N)=O)C(=O)NC(C(=O)O)C(C)O. The molecule has 0 aliphatic heterocycles. The first-order valence-electron chi connectivity index (χ1n) is 11.6. The van der Waals surface area contributed by atoms with Crippen molar-refractivity contribution in [2.75, 3.05) is 6.54 Å². The highest BCUT2D eigenvalue weighted by molar-refractivity contribution is 5.94. The highest BCUT2D eigenvalue weighted by Gasteiger charge is 2.32. The molecule has 0 aromatic rings. The van der Waals surface area contributed by atoms with Crippen LogP contribution in [0.5, 0.6) is 0 Å². The van der Waals surface area contributed by atoms with Gasteiger partial charge in [-0.15, -0.1) is 0 Å². The number of primary amides is 1. The molecule has 0 bridgehead atoms. The number of hydrogen-bond donors (Lipinski definition) is 9. The van der Waals surface area contributed by atoms with Crippen LogP contribution in [0, 0.1) is 5.92 Å². The number of nitrogens with one attached hydrogen (secondary N) is 3. The molecule has 0 fully saturated rings. The molecule has 0 radical (unpaired) electrons. The molecule has 0 saturated carbocycles. The Kier molecular flexibility index (Phi) is 14.7. The van der Waals surface area contributed by atoms with Crippen LogP contribution in [0.2, 0.25) is 0 Å². The Morgan fingerprint density at radius 3 is 1.89 bits per heavy atom. The van der Waals surface area contributed by atoms with Gasteiger partial charge >= 0.3 is 5.97 Å². The fraction of sp³-hybridized carbons (Fsp3) is 0.714. The molecule has 15 heteroatoms. The van der Waals surface area contributed by atoms with E-state index in [0.717, 1.165) is 0 Å². The van der Waals surface area contributed by atoms with Gasteiger partial charge in [0.1, 0.15) is 12.1 Å². The maximum atomic E-state index is 13.1. The molecule has 6 unspecified atom stereocenters. The van der Waals surface area contributed by atoms with Crippen molar-refractivity contribution in [2.45, 2.75) is 83.1 Å². The van der Waals surface area contributed by atoms with Gasteiger partial charge in [-0.1, -0.05) is 20.3 Å². The van der Waals surface area contributed by atoms with E-state index in [4.69, 9.17) is 22.9 Å². The van der Waals surface area contributed by atoms with E-state index in [2.05, 4.69) is 20.9 Å². The number of nitrogens with two attached hydrogens (primary N) is 4. The summed E-state index contributed by atoms with van der Waals surface area (Å²) in [6, 6.07) is -5.07.